The number of carbonyl (C=O) groups is 2. The van der Waals surface area contributed by atoms with Crippen molar-refractivity contribution in [3.8, 4) is 6.07 Å². The summed E-state index contributed by atoms with van der Waals surface area (Å²) in [5, 5.41) is 9.49. The largest absolute Gasteiger partial charge is 0.300 e. The van der Waals surface area contributed by atoms with E-state index in [2.05, 4.69) is 9.97 Å². The van der Waals surface area contributed by atoms with E-state index in [-0.39, 0.29) is 17.4 Å². The molecule has 8 heteroatoms. The monoisotopic (exact) mass is 382 g/mol. The van der Waals surface area contributed by atoms with E-state index in [9.17, 15) is 14.4 Å². The van der Waals surface area contributed by atoms with Crippen LogP contribution in [0, 0.1) is 11.3 Å². The quantitative estimate of drug-likeness (QED) is 0.341. The molecule has 0 fully saturated rings. The Morgan fingerprint density at radius 3 is 2.41 bits per heavy atom. The smallest absolute Gasteiger partial charge is 0.269 e. The van der Waals surface area contributed by atoms with E-state index >= 15 is 0 Å². The van der Waals surface area contributed by atoms with Crippen molar-refractivity contribution >= 4 is 23.6 Å². The molecule has 138 valence electrons. The summed E-state index contributed by atoms with van der Waals surface area (Å²) in [6, 6.07) is 8.72. The molecule has 2 amide bonds. The van der Waals surface area contributed by atoms with Crippen molar-refractivity contribution in [2.75, 3.05) is 12.3 Å². The molecule has 0 bridgehead atoms. The minimum atomic E-state index is -0.419. The highest BCUT2D eigenvalue weighted by atomic mass is 32.2. The van der Waals surface area contributed by atoms with Crippen LogP contribution in [0.2, 0.25) is 0 Å². The van der Waals surface area contributed by atoms with Crippen LogP contribution in [-0.2, 0) is 6.42 Å². The zero-order chi connectivity index (χ0) is 19.4. The van der Waals surface area contributed by atoms with Gasteiger partial charge in [-0.25, -0.2) is 4.98 Å². The normalized spacial score (nSPS) is 13.0. The van der Waals surface area contributed by atoms with Crippen LogP contribution < -0.4 is 5.56 Å². The number of thioether (sulfide) groups is 1. The molecular formula is C19H18N4O3S. The Labute approximate surface area is 160 Å². The number of amides is 2. The fourth-order valence-corrected chi connectivity index (χ4v) is 3.80. The Balaban J connectivity index is 1.52. The first-order valence-electron chi connectivity index (χ1n) is 8.68. The number of fused-ring (bicyclic) bond motifs is 1. The molecule has 1 aliphatic rings. The number of nitrogens with one attached hydrogen (secondary N) is 1. The fourth-order valence-electron chi connectivity index (χ4n) is 2.92. The van der Waals surface area contributed by atoms with Gasteiger partial charge in [0.05, 0.1) is 16.8 Å². The van der Waals surface area contributed by atoms with Crippen molar-refractivity contribution in [1.82, 2.24) is 14.9 Å². The minimum absolute atomic E-state index is 0.0625. The summed E-state index contributed by atoms with van der Waals surface area (Å²) in [6.45, 7) is 2.21. The van der Waals surface area contributed by atoms with Gasteiger partial charge in [-0.15, -0.1) is 0 Å². The average Bonchev–Trinajstić information content (AvgIpc) is 2.92. The summed E-state index contributed by atoms with van der Waals surface area (Å²) in [5.41, 5.74) is 1.06. The molecule has 0 radical (unpaired) electrons. The molecule has 0 unspecified atom stereocenters. The van der Waals surface area contributed by atoms with E-state index in [4.69, 9.17) is 5.26 Å². The molecule has 0 spiro atoms. The Morgan fingerprint density at radius 2 is 1.81 bits per heavy atom. The first kappa shape index (κ1) is 18.9. The lowest BCUT2D eigenvalue weighted by atomic mass is 10.1. The summed E-state index contributed by atoms with van der Waals surface area (Å²) in [6.07, 6.45) is 1.93. The highest BCUT2D eigenvalue weighted by Gasteiger charge is 2.34. The van der Waals surface area contributed by atoms with Crippen LogP contribution in [0.3, 0.4) is 0 Å². The van der Waals surface area contributed by atoms with Crippen LogP contribution in [0.4, 0.5) is 0 Å². The molecule has 1 N–H and O–H groups in total. The predicted octanol–water partition coefficient (Wildman–Crippen LogP) is 2.37. The lowest BCUT2D eigenvalue weighted by Crippen LogP contribution is -2.30. The van der Waals surface area contributed by atoms with E-state index in [1.54, 1.807) is 24.3 Å². The number of H-pyrrole nitrogens is 1. The number of unbranched alkanes of at least 4 members (excludes halogenated alkanes) is 1. The van der Waals surface area contributed by atoms with Crippen LogP contribution in [0.1, 0.15) is 51.7 Å². The van der Waals surface area contributed by atoms with Crippen LogP contribution in [0.25, 0.3) is 0 Å². The number of aromatic nitrogens is 2. The maximum atomic E-state index is 12.3. The van der Waals surface area contributed by atoms with Crippen LogP contribution >= 0.6 is 11.8 Å². The summed E-state index contributed by atoms with van der Waals surface area (Å²) in [4.78, 5) is 44.7. The maximum absolute atomic E-state index is 12.3. The molecule has 0 saturated heterocycles. The van der Waals surface area contributed by atoms with Gasteiger partial charge < -0.3 is 4.98 Å². The third-order valence-electron chi connectivity index (χ3n) is 4.31. The lowest BCUT2D eigenvalue weighted by Gasteiger charge is -2.13. The number of imide groups is 1. The highest BCUT2D eigenvalue weighted by Crippen LogP contribution is 2.23. The van der Waals surface area contributed by atoms with E-state index in [0.717, 1.165) is 6.42 Å². The van der Waals surface area contributed by atoms with E-state index < -0.39 is 5.56 Å². The number of nitriles is 1. The minimum Gasteiger partial charge on any atom is -0.300 e. The zero-order valence-corrected chi connectivity index (χ0v) is 15.6. The standard InChI is InChI=1S/C19H18N4O3S/c1-2-15-14(11-20)16(24)22-19(21-15)27-10-6-5-9-23-17(25)12-7-3-4-8-13(12)18(23)26/h3-4,7-8H,2,5-6,9-10H2,1H3,(H,21,22,24). The third kappa shape index (κ3) is 3.78. The molecule has 1 aliphatic heterocycles. The second-order valence-electron chi connectivity index (χ2n) is 6.02. The van der Waals surface area contributed by atoms with Crippen molar-refractivity contribution in [2.24, 2.45) is 0 Å². The van der Waals surface area contributed by atoms with Gasteiger partial charge in [0.15, 0.2) is 5.16 Å². The number of nitrogens with zero attached hydrogens (tertiary/aromatic N) is 3. The van der Waals surface area contributed by atoms with Crippen molar-refractivity contribution in [3.63, 3.8) is 0 Å². The molecule has 1 aromatic carbocycles. The van der Waals surface area contributed by atoms with E-state index in [1.165, 1.54) is 16.7 Å². The SMILES string of the molecule is CCc1nc(SCCCCN2C(=O)c3ccccc3C2=O)[nH]c(=O)c1C#N. The zero-order valence-electron chi connectivity index (χ0n) is 14.8. The van der Waals surface area contributed by atoms with Gasteiger partial charge in [-0.05, 0) is 31.4 Å². The average molecular weight is 382 g/mol. The Morgan fingerprint density at radius 1 is 1.15 bits per heavy atom. The van der Waals surface area contributed by atoms with Gasteiger partial charge in [0.2, 0.25) is 0 Å². The molecule has 0 saturated carbocycles. The molecule has 0 aliphatic carbocycles. The molecule has 2 heterocycles. The van der Waals surface area contributed by atoms with Gasteiger partial charge in [-0.3, -0.25) is 19.3 Å². The molecule has 7 nitrogen and oxygen atoms in total. The Bertz CT molecular complexity index is 958. The van der Waals surface area contributed by atoms with E-state index in [1.807, 2.05) is 13.0 Å². The molecule has 1 aromatic heterocycles. The summed E-state index contributed by atoms with van der Waals surface area (Å²) in [7, 11) is 0. The van der Waals surface area contributed by atoms with Crippen LogP contribution in [0.15, 0.2) is 34.2 Å². The number of benzene rings is 1. The second kappa shape index (κ2) is 8.18. The molecule has 2 aromatic rings. The lowest BCUT2D eigenvalue weighted by molar-refractivity contribution is 0.0652. The van der Waals surface area contributed by atoms with Crippen molar-refractivity contribution in [2.45, 2.75) is 31.3 Å². The van der Waals surface area contributed by atoms with Gasteiger partial charge in [0.1, 0.15) is 11.6 Å². The number of carbonyl (C=O) groups excluding carboxylic acids is 2. The number of aryl methyl sites for hydroxylation is 1. The molecule has 27 heavy (non-hydrogen) atoms. The van der Waals surface area contributed by atoms with Crippen molar-refractivity contribution in [3.05, 3.63) is 57.0 Å². The van der Waals surface area contributed by atoms with Crippen LogP contribution in [0.5, 0.6) is 0 Å². The third-order valence-corrected chi connectivity index (χ3v) is 5.27. The Hall–Kier alpha value is -2.92. The summed E-state index contributed by atoms with van der Waals surface area (Å²) in [5.74, 6) is 0.198. The fraction of sp³-hybridized carbons (Fsp3) is 0.316. The van der Waals surface area contributed by atoms with Gasteiger partial charge in [0, 0.05) is 12.3 Å². The summed E-state index contributed by atoms with van der Waals surface area (Å²) >= 11 is 1.39. The first-order chi connectivity index (χ1) is 13.1. The summed E-state index contributed by atoms with van der Waals surface area (Å²) < 4.78 is 0. The molecule has 3 rings (SSSR count). The van der Waals surface area contributed by atoms with Crippen molar-refractivity contribution in [1.29, 1.82) is 5.26 Å². The number of hydrogen-bond donors (Lipinski definition) is 1. The predicted molar refractivity (Wildman–Crippen MR) is 101 cm³/mol. The maximum Gasteiger partial charge on any atom is 0.269 e. The second-order valence-corrected chi connectivity index (χ2v) is 7.10. The number of rotatable bonds is 7. The molecular weight excluding hydrogens is 364 g/mol. The van der Waals surface area contributed by atoms with Gasteiger partial charge in [-0.1, -0.05) is 30.8 Å². The number of hydrogen-bond acceptors (Lipinski definition) is 6. The molecule has 0 atom stereocenters. The topological polar surface area (TPSA) is 107 Å². The van der Waals surface area contributed by atoms with Gasteiger partial charge in [0.25, 0.3) is 17.4 Å². The van der Waals surface area contributed by atoms with Crippen LogP contribution in [-0.4, -0.2) is 39.0 Å². The van der Waals surface area contributed by atoms with Crippen molar-refractivity contribution < 1.29 is 9.59 Å². The van der Waals surface area contributed by atoms with Gasteiger partial charge in [-0.2, -0.15) is 5.26 Å². The first-order valence-corrected chi connectivity index (χ1v) is 9.66. The number of aromatic amines is 1. The van der Waals surface area contributed by atoms with Gasteiger partial charge >= 0.3 is 0 Å². The Kier molecular flexibility index (Phi) is 5.72. The highest BCUT2D eigenvalue weighted by molar-refractivity contribution is 7.99. The van der Waals surface area contributed by atoms with E-state index in [0.29, 0.717) is 47.1 Å².